The molecule has 0 saturated carbocycles. The highest BCUT2D eigenvalue weighted by Gasteiger charge is 2.44. The second kappa shape index (κ2) is 10.8. The molecule has 3 fully saturated rings. The number of aliphatic carboxylic acids is 1. The molecule has 3 saturated heterocycles. The molecule has 1 amide bonds. The fourth-order valence-electron chi connectivity index (χ4n) is 6.34. The minimum Gasteiger partial charge on any atom is -0.480 e. The minimum absolute atomic E-state index is 0.00654. The number of piperidine rings is 1. The van der Waals surface area contributed by atoms with E-state index in [9.17, 15) is 14.9 Å². The number of amides is 1. The van der Waals surface area contributed by atoms with Crippen molar-refractivity contribution in [3.8, 4) is 6.07 Å². The molecule has 1 N–H and O–H groups in total. The summed E-state index contributed by atoms with van der Waals surface area (Å²) in [7, 11) is 0. The topological polar surface area (TPSA) is 91.1 Å². The van der Waals surface area contributed by atoms with E-state index in [2.05, 4.69) is 22.8 Å². The molecule has 9 heteroatoms. The number of nitrogens with zero attached hydrogens (tertiary/aromatic N) is 5. The largest absolute Gasteiger partial charge is 0.480 e. The van der Waals surface area contributed by atoms with Gasteiger partial charge in [0, 0.05) is 68.8 Å². The maximum atomic E-state index is 13.0. The van der Waals surface area contributed by atoms with Gasteiger partial charge in [0.15, 0.2) is 0 Å². The summed E-state index contributed by atoms with van der Waals surface area (Å²) in [6, 6.07) is 16.2. The number of carboxylic acids is 1. The van der Waals surface area contributed by atoms with Gasteiger partial charge in [-0.1, -0.05) is 11.6 Å². The van der Waals surface area contributed by atoms with E-state index in [1.807, 2.05) is 52.3 Å². The maximum absolute atomic E-state index is 13.0. The van der Waals surface area contributed by atoms with E-state index in [0.717, 1.165) is 50.3 Å². The lowest BCUT2D eigenvalue weighted by Gasteiger charge is -2.40. The monoisotopic (exact) mass is 535 g/mol. The van der Waals surface area contributed by atoms with Crippen LogP contribution in [-0.2, 0) is 4.79 Å². The van der Waals surface area contributed by atoms with Gasteiger partial charge >= 0.3 is 5.97 Å². The van der Waals surface area contributed by atoms with Crippen molar-refractivity contribution in [3.63, 3.8) is 0 Å². The Hall–Kier alpha value is -3.28. The van der Waals surface area contributed by atoms with Crippen LogP contribution in [0.3, 0.4) is 0 Å². The zero-order chi connectivity index (χ0) is 26.9. The van der Waals surface area contributed by atoms with Crippen LogP contribution in [0, 0.1) is 16.7 Å². The van der Waals surface area contributed by atoms with Crippen molar-refractivity contribution in [2.24, 2.45) is 5.41 Å². The molecular weight excluding hydrogens is 502 g/mol. The molecular formula is C29H34ClN5O3. The van der Waals surface area contributed by atoms with Crippen LogP contribution >= 0.6 is 11.6 Å². The lowest BCUT2D eigenvalue weighted by atomic mass is 9.76. The standard InChI is InChI=1S/C29H34ClN5O3/c1-21-17-29(20-35(21)25-7-4-23(18-31)26(30)16-25)8-10-33(11-9-29)24-5-2-22(3-6-24)28(38)34-14-12-32(13-15-34)19-27(36)37/h2-7,16,21H,8-15,17,19-20H2,1H3,(H,36,37)/t21-/m0/s1. The van der Waals surface area contributed by atoms with E-state index in [1.165, 1.54) is 0 Å². The third-order valence-electron chi connectivity index (χ3n) is 8.49. The van der Waals surface area contributed by atoms with Crippen LogP contribution in [0.15, 0.2) is 42.5 Å². The van der Waals surface area contributed by atoms with Gasteiger partial charge in [0.1, 0.15) is 6.07 Å². The predicted octanol–water partition coefficient (Wildman–Crippen LogP) is 3.94. The summed E-state index contributed by atoms with van der Waals surface area (Å²) in [5, 5.41) is 18.7. The van der Waals surface area contributed by atoms with Crippen molar-refractivity contribution in [2.45, 2.75) is 32.2 Å². The predicted molar refractivity (Wildman–Crippen MR) is 148 cm³/mol. The highest BCUT2D eigenvalue weighted by Crippen LogP contribution is 2.46. The summed E-state index contributed by atoms with van der Waals surface area (Å²) >= 11 is 6.32. The first-order valence-corrected chi connectivity index (χ1v) is 13.7. The molecule has 8 nitrogen and oxygen atoms in total. The van der Waals surface area contributed by atoms with Crippen molar-refractivity contribution in [1.29, 1.82) is 5.26 Å². The Kier molecular flexibility index (Phi) is 7.51. The third kappa shape index (κ3) is 5.45. The summed E-state index contributed by atoms with van der Waals surface area (Å²) in [6.07, 6.45) is 3.37. The summed E-state index contributed by atoms with van der Waals surface area (Å²) in [5.41, 5.74) is 3.69. The first-order chi connectivity index (χ1) is 18.3. The Morgan fingerprint density at radius 3 is 2.29 bits per heavy atom. The van der Waals surface area contributed by atoms with E-state index in [1.54, 1.807) is 0 Å². The molecule has 200 valence electrons. The molecule has 3 heterocycles. The van der Waals surface area contributed by atoms with Crippen molar-refractivity contribution >= 4 is 34.9 Å². The number of hydrogen-bond donors (Lipinski definition) is 1. The molecule has 1 spiro atoms. The second-order valence-corrected chi connectivity index (χ2v) is 11.4. The molecule has 2 aromatic carbocycles. The van der Waals surface area contributed by atoms with Crippen LogP contribution in [-0.4, -0.2) is 85.2 Å². The Morgan fingerprint density at radius 2 is 1.68 bits per heavy atom. The molecule has 0 aromatic heterocycles. The number of rotatable bonds is 5. The number of anilines is 2. The molecule has 0 aliphatic carbocycles. The van der Waals surface area contributed by atoms with Gasteiger partial charge < -0.3 is 19.8 Å². The van der Waals surface area contributed by atoms with Gasteiger partial charge in [-0.15, -0.1) is 0 Å². The normalized spacial score (nSPS) is 21.5. The fourth-order valence-corrected chi connectivity index (χ4v) is 6.55. The molecule has 0 bridgehead atoms. The van der Waals surface area contributed by atoms with E-state index in [0.29, 0.717) is 48.4 Å². The molecule has 0 unspecified atom stereocenters. The Balaban J connectivity index is 1.16. The van der Waals surface area contributed by atoms with Gasteiger partial charge in [0.2, 0.25) is 0 Å². The van der Waals surface area contributed by atoms with Gasteiger partial charge in [-0.05, 0) is 74.1 Å². The fraction of sp³-hybridized carbons (Fsp3) is 0.483. The number of carbonyl (C=O) groups excluding carboxylic acids is 1. The van der Waals surface area contributed by atoms with Gasteiger partial charge in [0.05, 0.1) is 17.1 Å². The molecule has 2 aromatic rings. The number of nitriles is 1. The van der Waals surface area contributed by atoms with Crippen molar-refractivity contribution < 1.29 is 14.7 Å². The number of benzene rings is 2. The second-order valence-electron chi connectivity index (χ2n) is 11.0. The number of halogens is 1. The van der Waals surface area contributed by atoms with Crippen LogP contribution < -0.4 is 9.80 Å². The molecule has 0 radical (unpaired) electrons. The quantitative estimate of drug-likeness (QED) is 0.620. The van der Waals surface area contributed by atoms with E-state index in [4.69, 9.17) is 16.7 Å². The van der Waals surface area contributed by atoms with Gasteiger partial charge in [-0.25, -0.2) is 0 Å². The van der Waals surface area contributed by atoms with E-state index < -0.39 is 5.97 Å². The summed E-state index contributed by atoms with van der Waals surface area (Å²) in [6.45, 7) is 7.51. The lowest BCUT2D eigenvalue weighted by Crippen LogP contribution is -2.49. The third-order valence-corrected chi connectivity index (χ3v) is 8.81. The van der Waals surface area contributed by atoms with Crippen LogP contribution in [0.1, 0.15) is 42.1 Å². The Bertz CT molecular complexity index is 1230. The van der Waals surface area contributed by atoms with Crippen LogP contribution in [0.5, 0.6) is 0 Å². The summed E-state index contributed by atoms with van der Waals surface area (Å²) in [5.74, 6) is -0.827. The van der Waals surface area contributed by atoms with Crippen molar-refractivity contribution in [2.75, 3.05) is 62.2 Å². The molecule has 3 aliphatic heterocycles. The van der Waals surface area contributed by atoms with E-state index in [-0.39, 0.29) is 17.9 Å². The van der Waals surface area contributed by atoms with Crippen LogP contribution in [0.2, 0.25) is 5.02 Å². The Morgan fingerprint density at radius 1 is 1.03 bits per heavy atom. The first-order valence-electron chi connectivity index (χ1n) is 13.3. The van der Waals surface area contributed by atoms with Crippen molar-refractivity contribution in [1.82, 2.24) is 9.80 Å². The average molecular weight is 536 g/mol. The lowest BCUT2D eigenvalue weighted by molar-refractivity contribution is -0.138. The average Bonchev–Trinajstić information content (AvgIpc) is 3.24. The number of hydrogen-bond acceptors (Lipinski definition) is 6. The first kappa shape index (κ1) is 26.3. The minimum atomic E-state index is -0.833. The summed E-state index contributed by atoms with van der Waals surface area (Å²) in [4.78, 5) is 32.4. The van der Waals surface area contributed by atoms with Crippen LogP contribution in [0.4, 0.5) is 11.4 Å². The number of piperazine rings is 1. The van der Waals surface area contributed by atoms with Crippen LogP contribution in [0.25, 0.3) is 0 Å². The maximum Gasteiger partial charge on any atom is 0.317 e. The SMILES string of the molecule is C[C@H]1CC2(CCN(c3ccc(C(=O)N4CCN(CC(=O)O)CC4)cc3)CC2)CN1c1ccc(C#N)c(Cl)c1. The Labute approximate surface area is 229 Å². The molecule has 1 atom stereocenters. The zero-order valence-corrected chi connectivity index (χ0v) is 22.5. The molecule has 38 heavy (non-hydrogen) atoms. The molecule has 3 aliphatic rings. The highest BCUT2D eigenvalue weighted by atomic mass is 35.5. The number of carboxylic acid groups (broad SMARTS) is 1. The van der Waals surface area contributed by atoms with Crippen molar-refractivity contribution in [3.05, 3.63) is 58.6 Å². The molecule has 5 rings (SSSR count). The van der Waals surface area contributed by atoms with Gasteiger partial charge in [-0.2, -0.15) is 5.26 Å². The summed E-state index contributed by atoms with van der Waals surface area (Å²) < 4.78 is 0. The smallest absolute Gasteiger partial charge is 0.317 e. The van der Waals surface area contributed by atoms with E-state index >= 15 is 0 Å². The zero-order valence-electron chi connectivity index (χ0n) is 21.8. The van der Waals surface area contributed by atoms with Gasteiger partial charge in [0.25, 0.3) is 5.91 Å². The van der Waals surface area contributed by atoms with Gasteiger partial charge in [-0.3, -0.25) is 14.5 Å². The highest BCUT2D eigenvalue weighted by molar-refractivity contribution is 6.32. The number of carbonyl (C=O) groups is 2.